The van der Waals surface area contributed by atoms with Crippen LogP contribution in [0.3, 0.4) is 0 Å². The van der Waals surface area contributed by atoms with Crippen LogP contribution in [0, 0.1) is 0 Å². The third-order valence-corrected chi connectivity index (χ3v) is 5.04. The second-order valence-electron chi connectivity index (χ2n) is 10.6. The quantitative estimate of drug-likeness (QED) is 0.405. The van der Waals surface area contributed by atoms with Gasteiger partial charge in [-0.15, -0.1) is 0 Å². The summed E-state index contributed by atoms with van der Waals surface area (Å²) in [6.45, 7) is 10.7. The number of benzene rings is 1. The average Bonchev–Trinajstić information content (AvgIpc) is 2.74. The number of aliphatic hydroxyl groups excluding tert-OH is 1. The molecule has 0 bridgehead atoms. The molecule has 0 spiro atoms. The molecule has 0 saturated heterocycles. The minimum absolute atomic E-state index is 0.244. The lowest BCUT2D eigenvalue weighted by Gasteiger charge is -2.31. The first-order valence-corrected chi connectivity index (χ1v) is 12.1. The van der Waals surface area contributed by atoms with Crippen LogP contribution in [0.5, 0.6) is 0 Å². The van der Waals surface area contributed by atoms with Crippen LogP contribution >= 0.6 is 0 Å². The molecule has 198 valence electrons. The third kappa shape index (κ3) is 13.0. The average molecular weight is 494 g/mol. The molecule has 0 saturated carbocycles. The first-order valence-electron chi connectivity index (χ1n) is 12.1. The number of carbonyl (C=O) groups is 3. The Labute approximate surface area is 209 Å². The SMILES string of the molecule is CN(C(=O)[C@H](CCc1ccccc1)NC(=O)OC(C)(C)C)[C@H](CO)CCCNC(=O)OC(C)(C)C. The van der Waals surface area contributed by atoms with Crippen molar-refractivity contribution in [2.45, 2.75) is 90.5 Å². The van der Waals surface area contributed by atoms with E-state index < -0.39 is 35.5 Å². The smallest absolute Gasteiger partial charge is 0.408 e. The van der Waals surface area contributed by atoms with Gasteiger partial charge >= 0.3 is 12.2 Å². The normalized spacial score (nSPS) is 13.4. The number of rotatable bonds is 11. The number of likely N-dealkylation sites (N-methyl/N-ethyl adjacent to an activating group) is 1. The van der Waals surface area contributed by atoms with Gasteiger partial charge in [0.25, 0.3) is 0 Å². The van der Waals surface area contributed by atoms with Crippen LogP contribution in [-0.2, 0) is 20.7 Å². The van der Waals surface area contributed by atoms with E-state index in [0.717, 1.165) is 5.56 Å². The molecule has 3 N–H and O–H groups in total. The van der Waals surface area contributed by atoms with Crippen molar-refractivity contribution in [3.8, 4) is 0 Å². The highest BCUT2D eigenvalue weighted by molar-refractivity contribution is 5.85. The lowest BCUT2D eigenvalue weighted by molar-refractivity contribution is -0.135. The molecule has 0 radical (unpaired) electrons. The van der Waals surface area contributed by atoms with Crippen LogP contribution in [0.1, 0.15) is 66.4 Å². The van der Waals surface area contributed by atoms with Gasteiger partial charge < -0.3 is 30.1 Å². The number of aryl methyl sites for hydroxylation is 1. The molecule has 9 nitrogen and oxygen atoms in total. The number of nitrogens with one attached hydrogen (secondary N) is 2. The number of hydrogen-bond donors (Lipinski definition) is 3. The Bertz CT molecular complexity index is 802. The number of alkyl carbamates (subject to hydrolysis) is 2. The maximum atomic E-state index is 13.3. The zero-order valence-corrected chi connectivity index (χ0v) is 22.2. The van der Waals surface area contributed by atoms with Gasteiger partial charge in [-0.3, -0.25) is 4.79 Å². The van der Waals surface area contributed by atoms with E-state index in [0.29, 0.717) is 32.2 Å². The van der Waals surface area contributed by atoms with Gasteiger partial charge in [-0.1, -0.05) is 30.3 Å². The highest BCUT2D eigenvalue weighted by Crippen LogP contribution is 2.13. The highest BCUT2D eigenvalue weighted by atomic mass is 16.6. The summed E-state index contributed by atoms with van der Waals surface area (Å²) in [4.78, 5) is 39.0. The first kappa shape index (κ1) is 30.2. The van der Waals surface area contributed by atoms with Gasteiger partial charge in [0.05, 0.1) is 12.6 Å². The van der Waals surface area contributed by atoms with Crippen molar-refractivity contribution in [3.63, 3.8) is 0 Å². The summed E-state index contributed by atoms with van der Waals surface area (Å²) >= 11 is 0. The molecule has 0 unspecified atom stereocenters. The standard InChI is InChI=1S/C26H43N3O6/c1-25(2,3)34-23(32)27-17-11-14-20(18-30)29(7)22(31)21(28-24(33)35-26(4,5)6)16-15-19-12-9-8-10-13-19/h8-10,12-13,20-21,30H,11,14-18H2,1-7H3,(H,27,32)(H,28,33)/t20-,21-/m0/s1. The van der Waals surface area contributed by atoms with Crippen molar-refractivity contribution in [3.05, 3.63) is 35.9 Å². The number of aliphatic hydroxyl groups is 1. The zero-order valence-electron chi connectivity index (χ0n) is 22.2. The molecule has 0 aliphatic heterocycles. The Morgan fingerprint density at radius 1 is 0.943 bits per heavy atom. The van der Waals surface area contributed by atoms with E-state index in [4.69, 9.17) is 9.47 Å². The molecule has 0 aliphatic carbocycles. The summed E-state index contributed by atoms with van der Waals surface area (Å²) in [6, 6.07) is 8.41. The van der Waals surface area contributed by atoms with Gasteiger partial charge in [0, 0.05) is 13.6 Å². The molecule has 1 aromatic rings. The molecule has 1 rings (SSSR count). The topological polar surface area (TPSA) is 117 Å². The van der Waals surface area contributed by atoms with Crippen molar-refractivity contribution in [2.24, 2.45) is 0 Å². The summed E-state index contributed by atoms with van der Waals surface area (Å²) in [7, 11) is 1.61. The predicted octanol–water partition coefficient (Wildman–Crippen LogP) is 3.64. The van der Waals surface area contributed by atoms with E-state index in [9.17, 15) is 19.5 Å². The van der Waals surface area contributed by atoms with Crippen molar-refractivity contribution in [1.82, 2.24) is 15.5 Å². The van der Waals surface area contributed by atoms with Gasteiger partial charge in [0.1, 0.15) is 17.2 Å². The fourth-order valence-electron chi connectivity index (χ4n) is 3.34. The molecule has 1 aromatic carbocycles. The van der Waals surface area contributed by atoms with Gasteiger partial charge in [-0.2, -0.15) is 0 Å². The van der Waals surface area contributed by atoms with Crippen LogP contribution in [0.2, 0.25) is 0 Å². The highest BCUT2D eigenvalue weighted by Gasteiger charge is 2.29. The van der Waals surface area contributed by atoms with E-state index in [1.165, 1.54) is 4.90 Å². The number of hydrogen-bond acceptors (Lipinski definition) is 6. The molecular formula is C26H43N3O6. The first-order chi connectivity index (χ1) is 16.2. The van der Waals surface area contributed by atoms with Gasteiger partial charge in [-0.05, 0) is 72.8 Å². The summed E-state index contributed by atoms with van der Waals surface area (Å²) in [6.07, 6.45) is 0.794. The predicted molar refractivity (Wildman–Crippen MR) is 135 cm³/mol. The van der Waals surface area contributed by atoms with E-state index in [1.54, 1.807) is 48.6 Å². The molecule has 0 heterocycles. The van der Waals surface area contributed by atoms with Crippen LogP contribution in [0.15, 0.2) is 30.3 Å². The number of nitrogens with zero attached hydrogens (tertiary/aromatic N) is 1. The number of ether oxygens (including phenoxy) is 2. The monoisotopic (exact) mass is 493 g/mol. The molecular weight excluding hydrogens is 450 g/mol. The van der Waals surface area contributed by atoms with E-state index >= 15 is 0 Å². The molecule has 0 fully saturated rings. The Morgan fingerprint density at radius 3 is 2.06 bits per heavy atom. The van der Waals surface area contributed by atoms with Crippen LogP contribution in [0.25, 0.3) is 0 Å². The molecule has 35 heavy (non-hydrogen) atoms. The summed E-state index contributed by atoms with van der Waals surface area (Å²) in [5, 5.41) is 15.3. The second-order valence-corrected chi connectivity index (χ2v) is 10.6. The number of amides is 3. The van der Waals surface area contributed by atoms with Crippen molar-refractivity contribution >= 4 is 18.1 Å². The van der Waals surface area contributed by atoms with Crippen molar-refractivity contribution in [1.29, 1.82) is 0 Å². The number of carbonyl (C=O) groups excluding carboxylic acids is 3. The molecule has 0 aromatic heterocycles. The summed E-state index contributed by atoms with van der Waals surface area (Å²) in [5.41, 5.74) is -0.233. The minimum Gasteiger partial charge on any atom is -0.444 e. The summed E-state index contributed by atoms with van der Waals surface area (Å²) in [5.74, 6) is -0.314. The molecule has 3 amide bonds. The summed E-state index contributed by atoms with van der Waals surface area (Å²) < 4.78 is 10.6. The van der Waals surface area contributed by atoms with Crippen LogP contribution in [-0.4, -0.2) is 71.6 Å². The maximum absolute atomic E-state index is 13.3. The lowest BCUT2D eigenvalue weighted by atomic mass is 10.0. The van der Waals surface area contributed by atoms with E-state index in [2.05, 4.69) is 10.6 Å². The Kier molecular flexibility index (Phi) is 12.0. The Morgan fingerprint density at radius 2 is 1.51 bits per heavy atom. The second kappa shape index (κ2) is 13.9. The van der Waals surface area contributed by atoms with Crippen molar-refractivity contribution < 1.29 is 29.0 Å². The third-order valence-electron chi connectivity index (χ3n) is 5.04. The van der Waals surface area contributed by atoms with E-state index in [1.807, 2.05) is 30.3 Å². The Hall–Kier alpha value is -2.81. The molecule has 2 atom stereocenters. The van der Waals surface area contributed by atoms with Gasteiger partial charge in [0.2, 0.25) is 5.91 Å². The fourth-order valence-corrected chi connectivity index (χ4v) is 3.34. The van der Waals surface area contributed by atoms with Crippen LogP contribution in [0.4, 0.5) is 9.59 Å². The van der Waals surface area contributed by atoms with Crippen LogP contribution < -0.4 is 10.6 Å². The lowest BCUT2D eigenvalue weighted by Crippen LogP contribution is -2.52. The fraction of sp³-hybridized carbons (Fsp3) is 0.654. The zero-order chi connectivity index (χ0) is 26.6. The Balaban J connectivity index is 2.76. The minimum atomic E-state index is -0.816. The molecule has 0 aliphatic rings. The largest absolute Gasteiger partial charge is 0.444 e. The van der Waals surface area contributed by atoms with Crippen molar-refractivity contribution in [2.75, 3.05) is 20.2 Å². The van der Waals surface area contributed by atoms with E-state index in [-0.39, 0.29) is 12.5 Å². The molecule has 9 heteroatoms. The van der Waals surface area contributed by atoms with Gasteiger partial charge in [0.15, 0.2) is 0 Å². The maximum Gasteiger partial charge on any atom is 0.408 e. The van der Waals surface area contributed by atoms with Gasteiger partial charge in [-0.25, -0.2) is 9.59 Å².